The molecule has 102 valence electrons. The van der Waals surface area contributed by atoms with E-state index < -0.39 is 0 Å². The third kappa shape index (κ3) is 3.37. The number of hydrogen-bond acceptors (Lipinski definition) is 4. The average molecular weight is 328 g/mol. The number of rotatable bonds is 4. The minimum absolute atomic E-state index is 0.117. The van der Waals surface area contributed by atoms with E-state index in [9.17, 15) is 4.79 Å². The molecule has 0 bridgehead atoms. The van der Waals surface area contributed by atoms with Crippen molar-refractivity contribution in [3.8, 4) is 5.75 Å². The molecule has 2 rings (SSSR count). The summed E-state index contributed by atoms with van der Waals surface area (Å²) >= 11 is 3.43. The first-order chi connectivity index (χ1) is 9.10. The summed E-state index contributed by atoms with van der Waals surface area (Å²) in [4.78, 5) is 11.5. The van der Waals surface area contributed by atoms with Crippen LogP contribution >= 0.6 is 15.9 Å². The van der Waals surface area contributed by atoms with E-state index >= 15 is 0 Å². The van der Waals surface area contributed by atoms with E-state index in [0.29, 0.717) is 13.2 Å². The molecule has 0 radical (unpaired) electrons. The van der Waals surface area contributed by atoms with Gasteiger partial charge in [-0.2, -0.15) is 0 Å². The third-order valence-electron chi connectivity index (χ3n) is 2.77. The van der Waals surface area contributed by atoms with Gasteiger partial charge in [0.25, 0.3) is 0 Å². The number of carbonyl (C=O) groups is 1. The lowest BCUT2D eigenvalue weighted by molar-refractivity contribution is -0.120. The van der Waals surface area contributed by atoms with Crippen molar-refractivity contribution < 1.29 is 14.7 Å². The van der Waals surface area contributed by atoms with Gasteiger partial charge in [-0.1, -0.05) is 21.1 Å². The van der Waals surface area contributed by atoms with Crippen molar-refractivity contribution in [3.63, 3.8) is 0 Å². The fourth-order valence-corrected chi connectivity index (χ4v) is 2.49. The van der Waals surface area contributed by atoms with Gasteiger partial charge in [-0.25, -0.2) is 0 Å². The Labute approximate surface area is 118 Å². The maximum atomic E-state index is 11.5. The number of halogens is 1. The first kappa shape index (κ1) is 13.7. The van der Waals surface area contributed by atoms with Crippen LogP contribution in [-0.2, 0) is 17.8 Å². The first-order valence-electron chi connectivity index (χ1n) is 5.77. The van der Waals surface area contributed by atoms with Crippen LogP contribution in [-0.4, -0.2) is 23.6 Å². The van der Waals surface area contributed by atoms with Crippen molar-refractivity contribution >= 4 is 27.7 Å². The van der Waals surface area contributed by atoms with Crippen LogP contribution in [0, 0.1) is 0 Å². The molecule has 1 aromatic carbocycles. The van der Waals surface area contributed by atoms with Crippen LogP contribution in [0.3, 0.4) is 0 Å². The Hall–Kier alpha value is -1.76. The Bertz CT molecular complexity index is 531. The lowest BCUT2D eigenvalue weighted by atomic mass is 10.1. The number of nitrogens with two attached hydrogens (primary N) is 1. The average Bonchev–Trinajstić information content (AvgIpc) is 2.83. The summed E-state index contributed by atoms with van der Waals surface area (Å²) in [7, 11) is 0. The van der Waals surface area contributed by atoms with E-state index in [-0.39, 0.29) is 18.2 Å². The van der Waals surface area contributed by atoms with Gasteiger partial charge in [0, 0.05) is 23.0 Å². The number of amidine groups is 1. The minimum Gasteiger partial charge on any atom is -0.493 e. The molecule has 4 N–H and O–H groups in total. The third-order valence-corrected chi connectivity index (χ3v) is 3.23. The number of amides is 1. The Balaban J connectivity index is 2.02. The van der Waals surface area contributed by atoms with Gasteiger partial charge in [0.1, 0.15) is 11.6 Å². The molecule has 1 aliphatic rings. The highest BCUT2D eigenvalue weighted by Crippen LogP contribution is 2.32. The Morgan fingerprint density at radius 2 is 2.37 bits per heavy atom. The zero-order chi connectivity index (χ0) is 13.8. The number of hydrogen-bond donors (Lipinski definition) is 3. The fraction of sp³-hybridized carbons (Fsp3) is 0.333. The van der Waals surface area contributed by atoms with Crippen LogP contribution in [0.15, 0.2) is 21.8 Å². The van der Waals surface area contributed by atoms with Crippen LogP contribution in [0.25, 0.3) is 0 Å². The van der Waals surface area contributed by atoms with Crippen molar-refractivity contribution in [2.45, 2.75) is 19.4 Å². The van der Waals surface area contributed by atoms with E-state index in [1.807, 2.05) is 12.1 Å². The van der Waals surface area contributed by atoms with Gasteiger partial charge in [-0.3, -0.25) is 4.79 Å². The molecule has 0 fully saturated rings. The molecule has 1 aliphatic heterocycles. The van der Waals surface area contributed by atoms with Crippen LogP contribution in [0.1, 0.15) is 17.5 Å². The topological polar surface area (TPSA) is 96.9 Å². The van der Waals surface area contributed by atoms with Crippen LogP contribution < -0.4 is 15.8 Å². The molecule has 7 heteroatoms. The standard InChI is InChI=1S/C12H14BrN3O3/c13-9-3-7-1-2-19-12(7)8(4-9)6-15-11(17)5-10(14)16-18/h3-4,18H,1-2,5-6H2,(H2,14,16)(H,15,17). The number of carbonyl (C=O) groups excluding carboxylic acids is 1. The Morgan fingerprint density at radius 3 is 3.11 bits per heavy atom. The fourth-order valence-electron chi connectivity index (χ4n) is 1.93. The number of nitrogens with one attached hydrogen (secondary N) is 1. The lowest BCUT2D eigenvalue weighted by Gasteiger charge is -2.10. The maximum absolute atomic E-state index is 11.5. The number of benzene rings is 1. The first-order valence-corrected chi connectivity index (χ1v) is 6.56. The van der Waals surface area contributed by atoms with Gasteiger partial charge in [-0.05, 0) is 17.7 Å². The smallest absolute Gasteiger partial charge is 0.227 e. The molecule has 0 atom stereocenters. The molecule has 1 heterocycles. The van der Waals surface area contributed by atoms with E-state index in [0.717, 1.165) is 27.8 Å². The molecular formula is C12H14BrN3O3. The highest BCUT2D eigenvalue weighted by molar-refractivity contribution is 9.10. The van der Waals surface area contributed by atoms with Crippen LogP contribution in [0.4, 0.5) is 0 Å². The molecule has 19 heavy (non-hydrogen) atoms. The summed E-state index contributed by atoms with van der Waals surface area (Å²) < 4.78 is 6.51. The molecule has 0 aromatic heterocycles. The second-order valence-electron chi connectivity index (χ2n) is 4.20. The predicted octanol–water partition coefficient (Wildman–Crippen LogP) is 1.14. The molecular weight excluding hydrogens is 314 g/mol. The highest BCUT2D eigenvalue weighted by Gasteiger charge is 2.17. The van der Waals surface area contributed by atoms with E-state index in [2.05, 4.69) is 26.4 Å². The quantitative estimate of drug-likeness (QED) is 0.334. The van der Waals surface area contributed by atoms with Gasteiger partial charge in [0.05, 0.1) is 13.0 Å². The van der Waals surface area contributed by atoms with Crippen LogP contribution in [0.2, 0.25) is 0 Å². The number of ether oxygens (including phenoxy) is 1. The van der Waals surface area contributed by atoms with E-state index in [4.69, 9.17) is 15.7 Å². The summed E-state index contributed by atoms with van der Waals surface area (Å²) in [6, 6.07) is 3.93. The molecule has 6 nitrogen and oxygen atoms in total. The maximum Gasteiger partial charge on any atom is 0.227 e. The normalized spacial score (nSPS) is 13.8. The summed E-state index contributed by atoms with van der Waals surface area (Å²) in [6.45, 7) is 1.01. The zero-order valence-electron chi connectivity index (χ0n) is 10.1. The predicted molar refractivity (Wildman–Crippen MR) is 73.2 cm³/mol. The molecule has 1 aromatic rings. The number of oxime groups is 1. The SMILES string of the molecule is N/C(CC(=O)NCc1cc(Br)cc2c1OCC2)=N/O. The van der Waals surface area contributed by atoms with Gasteiger partial charge in [0.2, 0.25) is 5.91 Å². The van der Waals surface area contributed by atoms with E-state index in [1.54, 1.807) is 0 Å². The van der Waals surface area contributed by atoms with Crippen molar-refractivity contribution in [2.75, 3.05) is 6.61 Å². The largest absolute Gasteiger partial charge is 0.493 e. The second kappa shape index (κ2) is 5.92. The molecule has 0 unspecified atom stereocenters. The molecule has 0 saturated carbocycles. The van der Waals surface area contributed by atoms with E-state index in [1.165, 1.54) is 0 Å². The molecule has 0 saturated heterocycles. The summed E-state index contributed by atoms with van der Waals surface area (Å²) in [5.74, 6) is 0.419. The van der Waals surface area contributed by atoms with Gasteiger partial charge in [-0.15, -0.1) is 0 Å². The second-order valence-corrected chi connectivity index (χ2v) is 5.11. The molecule has 0 spiro atoms. The van der Waals surface area contributed by atoms with Gasteiger partial charge < -0.3 is 21.0 Å². The van der Waals surface area contributed by atoms with Crippen molar-refractivity contribution in [1.82, 2.24) is 5.32 Å². The summed E-state index contributed by atoms with van der Waals surface area (Å²) in [5, 5.41) is 13.9. The number of fused-ring (bicyclic) bond motifs is 1. The Morgan fingerprint density at radius 1 is 1.58 bits per heavy atom. The minimum atomic E-state index is -0.304. The van der Waals surface area contributed by atoms with Gasteiger partial charge in [0.15, 0.2) is 0 Å². The van der Waals surface area contributed by atoms with Crippen molar-refractivity contribution in [1.29, 1.82) is 0 Å². The lowest BCUT2D eigenvalue weighted by Crippen LogP contribution is -2.28. The van der Waals surface area contributed by atoms with Crippen molar-refractivity contribution in [3.05, 3.63) is 27.7 Å². The Kier molecular flexibility index (Phi) is 4.26. The monoisotopic (exact) mass is 327 g/mol. The van der Waals surface area contributed by atoms with Gasteiger partial charge >= 0.3 is 0 Å². The van der Waals surface area contributed by atoms with Crippen molar-refractivity contribution in [2.24, 2.45) is 10.9 Å². The summed E-state index contributed by atoms with van der Waals surface area (Å²) in [6.07, 6.45) is 0.743. The highest BCUT2D eigenvalue weighted by atomic mass is 79.9. The molecule has 0 aliphatic carbocycles. The number of nitrogens with zero attached hydrogens (tertiary/aromatic N) is 1. The summed E-state index contributed by atoms with van der Waals surface area (Å²) in [5.41, 5.74) is 7.31. The zero-order valence-corrected chi connectivity index (χ0v) is 11.7. The van der Waals surface area contributed by atoms with Crippen LogP contribution in [0.5, 0.6) is 5.75 Å². The molecule has 1 amide bonds.